The van der Waals surface area contributed by atoms with E-state index in [-0.39, 0.29) is 24.0 Å². The van der Waals surface area contributed by atoms with Gasteiger partial charge in [0.1, 0.15) is 6.17 Å². The van der Waals surface area contributed by atoms with Crippen LogP contribution in [0.3, 0.4) is 0 Å². The lowest BCUT2D eigenvalue weighted by Gasteiger charge is -2.32. The fourth-order valence-electron chi connectivity index (χ4n) is 6.58. The number of hydrogen-bond donors (Lipinski definition) is 2. The molecule has 0 bridgehead atoms. The maximum atomic E-state index is 14.1. The third kappa shape index (κ3) is 9.17. The first-order chi connectivity index (χ1) is 21.8. The fourth-order valence-corrected chi connectivity index (χ4v) is 7.70. The van der Waals surface area contributed by atoms with Crippen LogP contribution in [-0.4, -0.2) is 105 Å². The lowest BCUT2D eigenvalue weighted by Crippen LogP contribution is -2.49. The average Bonchev–Trinajstić information content (AvgIpc) is 3.34. The number of hydrogen-bond acceptors (Lipinski definition) is 6. The number of β-amino-alcohol motifs (C(OH)–C–C–N with tert-alkyl or cyclic N) is 1. The summed E-state index contributed by atoms with van der Waals surface area (Å²) in [4.78, 5) is 19.3. The van der Waals surface area contributed by atoms with Crippen LogP contribution in [0.15, 0.2) is 23.1 Å². The van der Waals surface area contributed by atoms with Gasteiger partial charge in [-0.1, -0.05) is 12.5 Å². The summed E-state index contributed by atoms with van der Waals surface area (Å²) in [5, 5.41) is 19.0. The average molecular weight is 669 g/mol. The number of halogens is 4. The molecule has 13 heteroatoms. The van der Waals surface area contributed by atoms with Crippen LogP contribution in [0.5, 0.6) is 0 Å². The van der Waals surface area contributed by atoms with Gasteiger partial charge in [0, 0.05) is 72.2 Å². The standard InChI is InChI=1S/C33H48F4N6O2S/c1-32(2,3)38-31(45)42-16-11-28-26(22-42)30(39-43(28)21-25(44)20-41-12-5-4-6-13-41)23-7-8-27(33(35,36)37)29(19-23)46-18-17-40-14-9-24(34)10-15-40/h7-8,19,24-25,44H,4-6,9-18,20-22H2,1-3H3,(H,38,45)/t25-/m1/s1. The molecule has 2 amide bonds. The highest BCUT2D eigenvalue weighted by atomic mass is 32.2. The molecule has 4 heterocycles. The summed E-state index contributed by atoms with van der Waals surface area (Å²) in [6.45, 7) is 11.0. The maximum Gasteiger partial charge on any atom is 0.417 e. The van der Waals surface area contributed by atoms with Crippen LogP contribution in [0.2, 0.25) is 0 Å². The molecule has 1 atom stereocenters. The minimum atomic E-state index is -4.52. The van der Waals surface area contributed by atoms with E-state index >= 15 is 0 Å². The zero-order chi connectivity index (χ0) is 33.1. The quantitative estimate of drug-likeness (QED) is 0.260. The van der Waals surface area contributed by atoms with E-state index in [2.05, 4.69) is 15.1 Å². The van der Waals surface area contributed by atoms with Gasteiger partial charge in [-0.15, -0.1) is 11.8 Å². The Balaban J connectivity index is 1.42. The number of aliphatic hydroxyl groups excluding tert-OH is 1. The molecule has 0 unspecified atom stereocenters. The van der Waals surface area contributed by atoms with Crippen molar-refractivity contribution in [1.82, 2.24) is 29.8 Å². The molecule has 0 aliphatic carbocycles. The predicted octanol–water partition coefficient (Wildman–Crippen LogP) is 5.81. The summed E-state index contributed by atoms with van der Waals surface area (Å²) < 4.78 is 57.8. The van der Waals surface area contributed by atoms with E-state index < -0.39 is 29.6 Å². The lowest BCUT2D eigenvalue weighted by atomic mass is 10.00. The van der Waals surface area contributed by atoms with Crippen molar-refractivity contribution >= 4 is 17.8 Å². The normalized spacial score (nSPS) is 19.7. The van der Waals surface area contributed by atoms with E-state index in [4.69, 9.17) is 5.10 Å². The number of fused-ring (bicyclic) bond motifs is 1. The van der Waals surface area contributed by atoms with Gasteiger partial charge in [-0.3, -0.25) is 4.68 Å². The maximum absolute atomic E-state index is 14.1. The van der Waals surface area contributed by atoms with Gasteiger partial charge in [-0.25, -0.2) is 9.18 Å². The first-order valence-electron chi connectivity index (χ1n) is 16.5. The highest BCUT2D eigenvalue weighted by molar-refractivity contribution is 7.99. The number of piperidine rings is 2. The van der Waals surface area contributed by atoms with Crippen LogP contribution in [0.25, 0.3) is 11.3 Å². The zero-order valence-corrected chi connectivity index (χ0v) is 28.0. The minimum Gasteiger partial charge on any atom is -0.390 e. The molecule has 1 aromatic heterocycles. The molecule has 2 aromatic rings. The van der Waals surface area contributed by atoms with E-state index in [1.54, 1.807) is 15.6 Å². The molecule has 0 spiro atoms. The van der Waals surface area contributed by atoms with Crippen LogP contribution in [-0.2, 0) is 25.7 Å². The fraction of sp³-hybridized carbons (Fsp3) is 0.697. The number of aliphatic hydroxyl groups is 1. The number of likely N-dealkylation sites (tertiary alicyclic amines) is 2. The van der Waals surface area contributed by atoms with E-state index in [0.29, 0.717) is 69.0 Å². The number of nitrogens with zero attached hydrogens (tertiary/aromatic N) is 5. The van der Waals surface area contributed by atoms with Gasteiger partial charge in [0.25, 0.3) is 0 Å². The third-order valence-corrected chi connectivity index (χ3v) is 9.98. The number of thioether (sulfide) groups is 1. The number of urea groups is 1. The van der Waals surface area contributed by atoms with Crippen molar-refractivity contribution < 1.29 is 27.5 Å². The highest BCUT2D eigenvalue weighted by Gasteiger charge is 2.35. The van der Waals surface area contributed by atoms with Crippen LogP contribution in [0.1, 0.15) is 69.7 Å². The van der Waals surface area contributed by atoms with Crippen LogP contribution >= 0.6 is 11.8 Å². The van der Waals surface area contributed by atoms with Gasteiger partial charge in [0.15, 0.2) is 0 Å². The summed E-state index contributed by atoms with van der Waals surface area (Å²) in [5.41, 5.74) is 1.66. The summed E-state index contributed by atoms with van der Waals surface area (Å²) in [6, 6.07) is 3.94. The van der Waals surface area contributed by atoms with Gasteiger partial charge in [-0.2, -0.15) is 18.3 Å². The van der Waals surface area contributed by atoms with Crippen molar-refractivity contribution in [2.75, 3.05) is 51.6 Å². The Bertz CT molecular complexity index is 1330. The van der Waals surface area contributed by atoms with Gasteiger partial charge in [0.2, 0.25) is 0 Å². The molecular formula is C33H48F4N6O2S. The molecule has 256 valence electrons. The zero-order valence-electron chi connectivity index (χ0n) is 27.2. The van der Waals surface area contributed by atoms with E-state index in [1.165, 1.54) is 12.5 Å². The molecule has 0 radical (unpaired) electrons. The van der Waals surface area contributed by atoms with Crippen molar-refractivity contribution in [2.24, 2.45) is 0 Å². The van der Waals surface area contributed by atoms with E-state index in [9.17, 15) is 27.5 Å². The van der Waals surface area contributed by atoms with Crippen molar-refractivity contribution in [3.05, 3.63) is 35.0 Å². The summed E-state index contributed by atoms with van der Waals surface area (Å²) in [7, 11) is 0. The Morgan fingerprint density at radius 2 is 1.76 bits per heavy atom. The molecule has 2 saturated heterocycles. The molecule has 46 heavy (non-hydrogen) atoms. The van der Waals surface area contributed by atoms with Crippen molar-refractivity contribution in [2.45, 2.75) is 101 Å². The van der Waals surface area contributed by atoms with Gasteiger partial charge < -0.3 is 25.1 Å². The second-order valence-electron chi connectivity index (χ2n) is 13.9. The third-order valence-electron chi connectivity index (χ3n) is 8.95. The van der Waals surface area contributed by atoms with E-state index in [1.807, 2.05) is 20.8 Å². The smallest absolute Gasteiger partial charge is 0.390 e. The summed E-state index contributed by atoms with van der Waals surface area (Å²) in [6.07, 6.45) is -1.11. The predicted molar refractivity (Wildman–Crippen MR) is 173 cm³/mol. The van der Waals surface area contributed by atoms with Crippen LogP contribution in [0, 0.1) is 0 Å². The Morgan fingerprint density at radius 1 is 1.04 bits per heavy atom. The SMILES string of the molecule is CC(C)(C)NC(=O)N1CCc2c(c(-c3ccc(C(F)(F)F)c(SCCN4CCC(F)CC4)c3)nn2C[C@H](O)CN2CCCCC2)C1. The van der Waals surface area contributed by atoms with E-state index in [0.717, 1.165) is 55.0 Å². The number of nitrogens with one attached hydrogen (secondary N) is 1. The Morgan fingerprint density at radius 3 is 2.43 bits per heavy atom. The summed E-state index contributed by atoms with van der Waals surface area (Å²) in [5.74, 6) is 0.444. The van der Waals surface area contributed by atoms with Gasteiger partial charge >= 0.3 is 12.2 Å². The molecule has 1 aromatic carbocycles. The highest BCUT2D eigenvalue weighted by Crippen LogP contribution is 2.40. The largest absolute Gasteiger partial charge is 0.417 e. The second kappa shape index (κ2) is 14.8. The van der Waals surface area contributed by atoms with Crippen molar-refractivity contribution in [3.8, 4) is 11.3 Å². The monoisotopic (exact) mass is 668 g/mol. The molecule has 0 saturated carbocycles. The minimum absolute atomic E-state index is 0.122. The molecule has 5 rings (SSSR count). The molecular weight excluding hydrogens is 620 g/mol. The Hall–Kier alpha value is -2.35. The number of carbonyl (C=O) groups is 1. The molecule has 3 aliphatic rings. The van der Waals surface area contributed by atoms with Gasteiger partial charge in [-0.05, 0) is 71.7 Å². The number of alkyl halides is 4. The van der Waals surface area contributed by atoms with Crippen molar-refractivity contribution in [1.29, 1.82) is 0 Å². The van der Waals surface area contributed by atoms with Crippen LogP contribution < -0.4 is 5.32 Å². The first-order valence-corrected chi connectivity index (χ1v) is 17.5. The number of benzene rings is 1. The molecule has 2 fully saturated rings. The second-order valence-corrected chi connectivity index (χ2v) is 15.0. The molecule has 8 nitrogen and oxygen atoms in total. The molecule has 3 aliphatic heterocycles. The van der Waals surface area contributed by atoms with Gasteiger partial charge in [0.05, 0.1) is 30.5 Å². The Kier molecular flexibility index (Phi) is 11.3. The first kappa shape index (κ1) is 35.0. The summed E-state index contributed by atoms with van der Waals surface area (Å²) >= 11 is 1.15. The number of rotatable bonds is 9. The Labute approximate surface area is 273 Å². The van der Waals surface area contributed by atoms with Crippen molar-refractivity contribution in [3.63, 3.8) is 0 Å². The topological polar surface area (TPSA) is 76.9 Å². The lowest BCUT2D eigenvalue weighted by molar-refractivity contribution is -0.139. The molecule has 2 N–H and O–H groups in total. The number of amides is 2. The number of aromatic nitrogens is 2. The number of carbonyl (C=O) groups excluding carboxylic acids is 1. The van der Waals surface area contributed by atoms with Crippen LogP contribution in [0.4, 0.5) is 22.4 Å².